The largest absolute Gasteiger partial charge is 0.353 e. The van der Waals surface area contributed by atoms with Crippen LogP contribution in [-0.2, 0) is 11.2 Å². The van der Waals surface area contributed by atoms with Crippen molar-refractivity contribution in [3.8, 4) is 0 Å². The molecule has 0 saturated heterocycles. The SMILES string of the molecule is Cc1ccc(CC(C)NC(=O)C2CCCC(N)C2)c(C)c1. The lowest BCUT2D eigenvalue weighted by atomic mass is 9.85. The molecular formula is C18H28N2O. The Hall–Kier alpha value is -1.35. The van der Waals surface area contributed by atoms with Gasteiger partial charge in [-0.3, -0.25) is 4.79 Å². The molecule has 0 aliphatic heterocycles. The Bertz CT molecular complexity index is 498. The second-order valence-electron chi connectivity index (χ2n) is 6.67. The lowest BCUT2D eigenvalue weighted by molar-refractivity contribution is -0.126. The summed E-state index contributed by atoms with van der Waals surface area (Å²) in [5.74, 6) is 0.290. The Kier molecular flexibility index (Phi) is 5.40. The molecule has 0 heterocycles. The molecule has 0 bridgehead atoms. The molecule has 3 unspecified atom stereocenters. The lowest BCUT2D eigenvalue weighted by Crippen LogP contribution is -2.42. The van der Waals surface area contributed by atoms with Gasteiger partial charge >= 0.3 is 0 Å². The summed E-state index contributed by atoms with van der Waals surface area (Å²) in [5.41, 5.74) is 9.87. The van der Waals surface area contributed by atoms with Crippen LogP contribution in [0.2, 0.25) is 0 Å². The molecule has 0 spiro atoms. The van der Waals surface area contributed by atoms with Crippen molar-refractivity contribution < 1.29 is 4.79 Å². The maximum absolute atomic E-state index is 12.3. The highest BCUT2D eigenvalue weighted by atomic mass is 16.1. The van der Waals surface area contributed by atoms with Crippen molar-refractivity contribution in [3.63, 3.8) is 0 Å². The average molecular weight is 288 g/mol. The second kappa shape index (κ2) is 7.08. The van der Waals surface area contributed by atoms with Crippen LogP contribution in [-0.4, -0.2) is 18.0 Å². The zero-order valence-electron chi connectivity index (χ0n) is 13.5. The Morgan fingerprint density at radius 1 is 1.38 bits per heavy atom. The van der Waals surface area contributed by atoms with Gasteiger partial charge in [-0.15, -0.1) is 0 Å². The normalized spacial score (nSPS) is 23.6. The molecule has 1 aromatic carbocycles. The number of benzene rings is 1. The van der Waals surface area contributed by atoms with E-state index in [1.54, 1.807) is 0 Å². The fourth-order valence-electron chi connectivity index (χ4n) is 3.28. The van der Waals surface area contributed by atoms with E-state index in [1.807, 2.05) is 0 Å². The zero-order valence-corrected chi connectivity index (χ0v) is 13.5. The van der Waals surface area contributed by atoms with Crippen molar-refractivity contribution in [1.82, 2.24) is 5.32 Å². The highest BCUT2D eigenvalue weighted by Gasteiger charge is 2.26. The number of nitrogens with one attached hydrogen (secondary N) is 1. The first kappa shape index (κ1) is 16.0. The van der Waals surface area contributed by atoms with E-state index < -0.39 is 0 Å². The fourth-order valence-corrected chi connectivity index (χ4v) is 3.28. The van der Waals surface area contributed by atoms with Crippen LogP contribution < -0.4 is 11.1 Å². The summed E-state index contributed by atoms with van der Waals surface area (Å²) in [6.07, 6.45) is 4.83. The van der Waals surface area contributed by atoms with Gasteiger partial charge < -0.3 is 11.1 Å². The first-order valence-corrected chi connectivity index (χ1v) is 8.07. The molecule has 3 heteroatoms. The Morgan fingerprint density at radius 3 is 2.81 bits per heavy atom. The van der Waals surface area contributed by atoms with Crippen molar-refractivity contribution in [3.05, 3.63) is 34.9 Å². The quantitative estimate of drug-likeness (QED) is 0.895. The van der Waals surface area contributed by atoms with E-state index in [0.29, 0.717) is 0 Å². The molecule has 3 N–H and O–H groups in total. The zero-order chi connectivity index (χ0) is 15.4. The number of carbonyl (C=O) groups excluding carboxylic acids is 1. The summed E-state index contributed by atoms with van der Waals surface area (Å²) in [6.45, 7) is 6.32. The number of aryl methyl sites for hydroxylation is 2. The van der Waals surface area contributed by atoms with Crippen molar-refractivity contribution in [2.45, 2.75) is 65.0 Å². The standard InChI is InChI=1S/C18H28N2O/c1-12-7-8-15(13(2)9-12)10-14(3)20-18(21)16-5-4-6-17(19)11-16/h7-9,14,16-17H,4-6,10-11,19H2,1-3H3,(H,20,21). The van der Waals surface area contributed by atoms with Crippen LogP contribution in [0.15, 0.2) is 18.2 Å². The van der Waals surface area contributed by atoms with E-state index in [9.17, 15) is 4.79 Å². The van der Waals surface area contributed by atoms with Crippen LogP contribution in [0.4, 0.5) is 0 Å². The number of hydrogen-bond acceptors (Lipinski definition) is 2. The van der Waals surface area contributed by atoms with Crippen LogP contribution in [0.25, 0.3) is 0 Å². The third-order valence-corrected chi connectivity index (χ3v) is 4.50. The van der Waals surface area contributed by atoms with E-state index in [-0.39, 0.29) is 23.9 Å². The molecule has 1 saturated carbocycles. The predicted molar refractivity (Wildman–Crippen MR) is 87.2 cm³/mol. The summed E-state index contributed by atoms with van der Waals surface area (Å²) in [6, 6.07) is 6.87. The third-order valence-electron chi connectivity index (χ3n) is 4.50. The van der Waals surface area contributed by atoms with E-state index in [2.05, 4.69) is 44.3 Å². The van der Waals surface area contributed by atoms with Crippen LogP contribution >= 0.6 is 0 Å². The molecule has 21 heavy (non-hydrogen) atoms. The first-order valence-electron chi connectivity index (χ1n) is 8.07. The minimum absolute atomic E-state index is 0.107. The van der Waals surface area contributed by atoms with Gasteiger partial charge in [-0.05, 0) is 57.6 Å². The van der Waals surface area contributed by atoms with Gasteiger partial charge in [0.25, 0.3) is 0 Å². The number of carbonyl (C=O) groups is 1. The van der Waals surface area contributed by atoms with Gasteiger partial charge in [0.05, 0.1) is 0 Å². The van der Waals surface area contributed by atoms with Gasteiger partial charge in [-0.25, -0.2) is 0 Å². The van der Waals surface area contributed by atoms with E-state index in [0.717, 1.165) is 32.1 Å². The summed E-state index contributed by atoms with van der Waals surface area (Å²) in [5, 5.41) is 3.17. The van der Waals surface area contributed by atoms with Gasteiger partial charge in [0.1, 0.15) is 0 Å². The minimum Gasteiger partial charge on any atom is -0.353 e. The van der Waals surface area contributed by atoms with Crippen molar-refractivity contribution in [2.24, 2.45) is 11.7 Å². The molecule has 3 atom stereocenters. The molecule has 1 aromatic rings. The Morgan fingerprint density at radius 2 is 2.14 bits per heavy atom. The summed E-state index contributed by atoms with van der Waals surface area (Å²) < 4.78 is 0. The van der Waals surface area contributed by atoms with Gasteiger partial charge in [0.2, 0.25) is 5.91 Å². The van der Waals surface area contributed by atoms with E-state index in [1.165, 1.54) is 16.7 Å². The smallest absolute Gasteiger partial charge is 0.223 e. The number of amides is 1. The van der Waals surface area contributed by atoms with Crippen LogP contribution in [0.5, 0.6) is 0 Å². The molecule has 2 rings (SSSR count). The van der Waals surface area contributed by atoms with Gasteiger partial charge in [-0.1, -0.05) is 30.2 Å². The van der Waals surface area contributed by atoms with Crippen LogP contribution in [0.3, 0.4) is 0 Å². The highest BCUT2D eigenvalue weighted by molar-refractivity contribution is 5.79. The van der Waals surface area contributed by atoms with Gasteiger partial charge in [0.15, 0.2) is 0 Å². The molecule has 1 aliphatic carbocycles. The molecule has 1 aliphatic rings. The fraction of sp³-hybridized carbons (Fsp3) is 0.611. The summed E-state index contributed by atoms with van der Waals surface area (Å²) >= 11 is 0. The lowest BCUT2D eigenvalue weighted by Gasteiger charge is -2.27. The van der Waals surface area contributed by atoms with Crippen LogP contribution in [0.1, 0.15) is 49.3 Å². The number of hydrogen-bond donors (Lipinski definition) is 2. The molecule has 1 fully saturated rings. The second-order valence-corrected chi connectivity index (χ2v) is 6.67. The summed E-state index contributed by atoms with van der Waals surface area (Å²) in [7, 11) is 0. The molecule has 1 amide bonds. The van der Waals surface area contributed by atoms with Gasteiger partial charge in [0, 0.05) is 18.0 Å². The van der Waals surface area contributed by atoms with Crippen LogP contribution in [0, 0.1) is 19.8 Å². The monoisotopic (exact) mass is 288 g/mol. The number of nitrogens with two attached hydrogens (primary N) is 1. The molecule has 0 radical (unpaired) electrons. The topological polar surface area (TPSA) is 55.1 Å². The van der Waals surface area contributed by atoms with Crippen molar-refractivity contribution in [1.29, 1.82) is 0 Å². The molecule has 3 nitrogen and oxygen atoms in total. The van der Waals surface area contributed by atoms with E-state index in [4.69, 9.17) is 5.73 Å². The molecule has 0 aromatic heterocycles. The van der Waals surface area contributed by atoms with Crippen molar-refractivity contribution >= 4 is 5.91 Å². The average Bonchev–Trinajstić information content (AvgIpc) is 2.42. The maximum Gasteiger partial charge on any atom is 0.223 e. The Labute approximate surface area is 128 Å². The van der Waals surface area contributed by atoms with E-state index >= 15 is 0 Å². The highest BCUT2D eigenvalue weighted by Crippen LogP contribution is 2.23. The van der Waals surface area contributed by atoms with Gasteiger partial charge in [-0.2, -0.15) is 0 Å². The predicted octanol–water partition coefficient (Wildman–Crippen LogP) is 2.87. The maximum atomic E-state index is 12.3. The van der Waals surface area contributed by atoms with Crippen molar-refractivity contribution in [2.75, 3.05) is 0 Å². The molecule has 116 valence electrons. The minimum atomic E-state index is 0.107. The third kappa shape index (κ3) is 4.57. The molecular weight excluding hydrogens is 260 g/mol. The summed E-state index contributed by atoms with van der Waals surface area (Å²) in [4.78, 5) is 12.3. The number of rotatable bonds is 4. The first-order chi connectivity index (χ1) is 9.95. The Balaban J connectivity index is 1.88.